The summed E-state index contributed by atoms with van der Waals surface area (Å²) < 4.78 is 6.06. The fourth-order valence-corrected chi connectivity index (χ4v) is 4.50. The van der Waals surface area contributed by atoms with Crippen LogP contribution in [0, 0.1) is 10.1 Å². The minimum atomic E-state index is -1.05. The van der Waals surface area contributed by atoms with Crippen molar-refractivity contribution in [1.82, 2.24) is 5.01 Å². The fraction of sp³-hybridized carbons (Fsp3) is 0.167. The largest absolute Gasteiger partial charge is 0.490 e. The minimum absolute atomic E-state index is 0.00711. The summed E-state index contributed by atoms with van der Waals surface area (Å²) in [6.45, 7) is 0.152. The zero-order valence-electron chi connectivity index (χ0n) is 16.8. The van der Waals surface area contributed by atoms with Crippen molar-refractivity contribution in [3.05, 3.63) is 106 Å². The maximum Gasteiger partial charge on any atom is 0.269 e. The molecule has 31 heavy (non-hydrogen) atoms. The standard InChI is InChI=1S/C24H19N3O4/c1-26-24(15-31-20-10-6-5-9-19(20)23(24)28)21(16-7-3-2-4-8-16)22(25-26)17-11-13-18(14-12-17)27(29)30/h2-14,21H,15H2,1H3/t21-,24-/m1/s1. The molecule has 1 spiro atoms. The summed E-state index contributed by atoms with van der Waals surface area (Å²) in [5.41, 5.74) is 1.83. The molecule has 7 nitrogen and oxygen atoms in total. The number of carbonyl (C=O) groups is 1. The molecule has 154 valence electrons. The van der Waals surface area contributed by atoms with E-state index in [1.54, 1.807) is 36.3 Å². The molecular formula is C24H19N3O4. The van der Waals surface area contributed by atoms with Crippen molar-refractivity contribution in [3.8, 4) is 5.75 Å². The van der Waals surface area contributed by atoms with E-state index < -0.39 is 16.4 Å². The normalized spacial score (nSPS) is 22.1. The number of ketones is 1. The summed E-state index contributed by atoms with van der Waals surface area (Å²) in [4.78, 5) is 24.5. The van der Waals surface area contributed by atoms with Crippen molar-refractivity contribution in [3.63, 3.8) is 0 Å². The molecule has 0 N–H and O–H groups in total. The first-order chi connectivity index (χ1) is 15.0. The molecule has 5 rings (SSSR count). The van der Waals surface area contributed by atoms with Crippen LogP contribution in [0.25, 0.3) is 0 Å². The van der Waals surface area contributed by atoms with Gasteiger partial charge in [-0.25, -0.2) is 0 Å². The number of rotatable bonds is 3. The molecule has 0 unspecified atom stereocenters. The van der Waals surface area contributed by atoms with E-state index in [2.05, 4.69) is 0 Å². The van der Waals surface area contributed by atoms with Gasteiger partial charge in [-0.15, -0.1) is 0 Å². The minimum Gasteiger partial charge on any atom is -0.490 e. The van der Waals surface area contributed by atoms with Crippen LogP contribution in [0.4, 0.5) is 5.69 Å². The smallest absolute Gasteiger partial charge is 0.269 e. The first-order valence-electron chi connectivity index (χ1n) is 9.91. The predicted molar refractivity (Wildman–Crippen MR) is 116 cm³/mol. The highest BCUT2D eigenvalue weighted by molar-refractivity contribution is 6.16. The molecule has 2 atom stereocenters. The molecule has 0 saturated heterocycles. The van der Waals surface area contributed by atoms with E-state index in [0.717, 1.165) is 11.1 Å². The maximum atomic E-state index is 13.9. The van der Waals surface area contributed by atoms with E-state index in [1.807, 2.05) is 42.5 Å². The number of Topliss-reactive ketones (excluding diaryl/α,β-unsaturated/α-hetero) is 1. The first kappa shape index (κ1) is 19.0. The van der Waals surface area contributed by atoms with Crippen molar-refractivity contribution < 1.29 is 14.5 Å². The molecule has 2 heterocycles. The van der Waals surface area contributed by atoms with Crippen molar-refractivity contribution in [2.24, 2.45) is 5.10 Å². The van der Waals surface area contributed by atoms with E-state index in [0.29, 0.717) is 17.0 Å². The monoisotopic (exact) mass is 413 g/mol. The van der Waals surface area contributed by atoms with E-state index in [1.165, 1.54) is 12.1 Å². The Morgan fingerprint density at radius 1 is 1.03 bits per heavy atom. The topological polar surface area (TPSA) is 85.0 Å². The van der Waals surface area contributed by atoms with Gasteiger partial charge >= 0.3 is 0 Å². The molecule has 2 aliphatic heterocycles. The van der Waals surface area contributed by atoms with Crippen LogP contribution in [0.2, 0.25) is 0 Å². The zero-order chi connectivity index (χ0) is 21.6. The van der Waals surface area contributed by atoms with Crippen molar-refractivity contribution in [2.75, 3.05) is 13.7 Å². The summed E-state index contributed by atoms with van der Waals surface area (Å²) in [6, 6.07) is 23.2. The average Bonchev–Trinajstić information content (AvgIpc) is 3.10. The highest BCUT2D eigenvalue weighted by Crippen LogP contribution is 2.47. The average molecular weight is 413 g/mol. The number of hydrazone groups is 1. The Balaban J connectivity index is 1.67. The third kappa shape index (κ3) is 2.81. The summed E-state index contributed by atoms with van der Waals surface area (Å²) >= 11 is 0. The van der Waals surface area contributed by atoms with E-state index in [4.69, 9.17) is 9.84 Å². The van der Waals surface area contributed by atoms with Crippen molar-refractivity contribution in [2.45, 2.75) is 11.5 Å². The highest BCUT2D eigenvalue weighted by atomic mass is 16.6. The number of hydrogen-bond donors (Lipinski definition) is 0. The first-order valence-corrected chi connectivity index (χ1v) is 9.91. The second-order valence-corrected chi connectivity index (χ2v) is 7.69. The second-order valence-electron chi connectivity index (χ2n) is 7.69. The molecule has 3 aromatic rings. The van der Waals surface area contributed by atoms with Crippen LogP contribution in [0.5, 0.6) is 5.75 Å². The highest BCUT2D eigenvalue weighted by Gasteiger charge is 2.58. The molecular weight excluding hydrogens is 394 g/mol. The number of nitro benzene ring substituents is 1. The van der Waals surface area contributed by atoms with Gasteiger partial charge < -0.3 is 4.74 Å². The lowest BCUT2D eigenvalue weighted by Crippen LogP contribution is -2.59. The van der Waals surface area contributed by atoms with Crippen LogP contribution in [0.1, 0.15) is 27.4 Å². The number of fused-ring (bicyclic) bond motifs is 1. The van der Waals surface area contributed by atoms with E-state index >= 15 is 0 Å². The Labute approximate surface area is 178 Å². The summed E-state index contributed by atoms with van der Waals surface area (Å²) in [5.74, 6) is 0.120. The van der Waals surface area contributed by atoms with Gasteiger partial charge in [-0.1, -0.05) is 42.5 Å². The van der Waals surface area contributed by atoms with Crippen LogP contribution < -0.4 is 4.74 Å². The fourth-order valence-electron chi connectivity index (χ4n) is 4.50. The predicted octanol–water partition coefficient (Wildman–Crippen LogP) is 4.04. The van der Waals surface area contributed by atoms with Gasteiger partial charge in [0.2, 0.25) is 0 Å². The molecule has 0 amide bonds. The summed E-state index contributed by atoms with van der Waals surface area (Å²) in [5, 5.41) is 17.5. The van der Waals surface area contributed by atoms with Gasteiger partial charge in [0.1, 0.15) is 12.4 Å². The molecule has 2 aliphatic rings. The van der Waals surface area contributed by atoms with E-state index in [9.17, 15) is 14.9 Å². The number of nitrogens with zero attached hydrogens (tertiary/aromatic N) is 3. The lowest BCUT2D eigenvalue weighted by molar-refractivity contribution is -0.384. The van der Waals surface area contributed by atoms with Crippen molar-refractivity contribution >= 4 is 17.2 Å². The third-order valence-corrected chi connectivity index (χ3v) is 6.07. The molecule has 0 aromatic heterocycles. The lowest BCUT2D eigenvalue weighted by atomic mass is 9.71. The molecule has 0 bridgehead atoms. The van der Waals surface area contributed by atoms with E-state index in [-0.39, 0.29) is 18.1 Å². The van der Waals surface area contributed by atoms with Crippen LogP contribution in [-0.4, -0.2) is 40.6 Å². The van der Waals surface area contributed by atoms with Crippen LogP contribution >= 0.6 is 0 Å². The van der Waals surface area contributed by atoms with Crippen molar-refractivity contribution in [1.29, 1.82) is 0 Å². The molecule has 0 aliphatic carbocycles. The Hall–Kier alpha value is -4.00. The SMILES string of the molecule is CN1N=C(c2ccc([N+](=O)[O-])cc2)[C@@H](c2ccccc2)[C@@]12COc1ccccc1C2=O. The Morgan fingerprint density at radius 2 is 1.71 bits per heavy atom. The second kappa shape index (κ2) is 7.05. The zero-order valence-corrected chi connectivity index (χ0v) is 16.8. The van der Waals surface area contributed by atoms with Crippen LogP contribution in [0.3, 0.4) is 0 Å². The number of carbonyl (C=O) groups excluding carboxylic acids is 1. The van der Waals surface area contributed by atoms with Gasteiger partial charge in [-0.05, 0) is 35.4 Å². The maximum absolute atomic E-state index is 13.9. The van der Waals surface area contributed by atoms with Gasteiger partial charge in [-0.3, -0.25) is 19.9 Å². The molecule has 0 fully saturated rings. The van der Waals surface area contributed by atoms with Gasteiger partial charge in [0.25, 0.3) is 5.69 Å². The number of ether oxygens (including phenoxy) is 1. The number of para-hydroxylation sites is 1. The van der Waals surface area contributed by atoms with Gasteiger partial charge in [0.15, 0.2) is 11.3 Å². The Bertz CT molecular complexity index is 1210. The summed E-state index contributed by atoms with van der Waals surface area (Å²) in [6.07, 6.45) is 0. The van der Waals surface area contributed by atoms with Crippen LogP contribution in [0.15, 0.2) is 84.0 Å². The summed E-state index contributed by atoms with van der Waals surface area (Å²) in [7, 11) is 1.78. The molecule has 0 saturated carbocycles. The van der Waals surface area contributed by atoms with Gasteiger partial charge in [0, 0.05) is 19.2 Å². The van der Waals surface area contributed by atoms with Crippen LogP contribution in [-0.2, 0) is 0 Å². The third-order valence-electron chi connectivity index (χ3n) is 6.07. The number of hydrogen-bond acceptors (Lipinski definition) is 6. The molecule has 3 aromatic carbocycles. The number of nitro groups is 1. The molecule has 0 radical (unpaired) electrons. The lowest BCUT2D eigenvalue weighted by Gasteiger charge is -2.41. The Kier molecular flexibility index (Phi) is 4.32. The quantitative estimate of drug-likeness (QED) is 0.478. The molecule has 7 heteroatoms. The van der Waals surface area contributed by atoms with Gasteiger partial charge in [0.05, 0.1) is 22.1 Å². The number of benzene rings is 3. The Morgan fingerprint density at radius 3 is 2.42 bits per heavy atom. The van der Waals surface area contributed by atoms with Gasteiger partial charge in [-0.2, -0.15) is 5.10 Å². The number of non-ortho nitro benzene ring substituents is 1. The number of likely N-dealkylation sites (N-methyl/N-ethyl adjacent to an activating group) is 1.